The molecular weight excluding hydrogens is 354 g/mol. The van der Waals surface area contributed by atoms with Crippen molar-refractivity contribution >= 4 is 17.6 Å². The Bertz CT molecular complexity index is 797. The third-order valence-corrected chi connectivity index (χ3v) is 4.90. The summed E-state index contributed by atoms with van der Waals surface area (Å²) < 4.78 is 10.4. The number of amides is 1. The quantitative estimate of drug-likeness (QED) is 0.491. The van der Waals surface area contributed by atoms with Crippen LogP contribution in [-0.4, -0.2) is 25.6 Å². The lowest BCUT2D eigenvalue weighted by Gasteiger charge is -2.23. The van der Waals surface area contributed by atoms with Crippen LogP contribution in [0.15, 0.2) is 48.5 Å². The maximum absolute atomic E-state index is 12.1. The third kappa shape index (κ3) is 6.12. The van der Waals surface area contributed by atoms with Crippen molar-refractivity contribution in [1.29, 1.82) is 0 Å². The summed E-state index contributed by atoms with van der Waals surface area (Å²) in [6.45, 7) is 7.10. The molecule has 0 heterocycles. The van der Waals surface area contributed by atoms with Crippen LogP contribution in [0.2, 0.25) is 0 Å². The number of ether oxygens (including phenoxy) is 2. The van der Waals surface area contributed by atoms with Crippen LogP contribution in [0, 0.1) is 0 Å². The van der Waals surface area contributed by atoms with E-state index in [0.717, 1.165) is 12.2 Å². The molecule has 0 aliphatic heterocycles. The SMILES string of the molecule is CCC(C)(C)c1ccc(OCCCC(=O)Nc2cccc(C(=O)OC)c2)cc1. The molecule has 150 valence electrons. The molecule has 2 aromatic rings. The van der Waals surface area contributed by atoms with E-state index in [0.29, 0.717) is 30.7 Å². The molecule has 1 N–H and O–H groups in total. The highest BCUT2D eigenvalue weighted by Crippen LogP contribution is 2.28. The second-order valence-electron chi connectivity index (χ2n) is 7.33. The fourth-order valence-corrected chi connectivity index (χ4v) is 2.69. The fraction of sp³-hybridized carbons (Fsp3) is 0.391. The van der Waals surface area contributed by atoms with Gasteiger partial charge in [0.1, 0.15) is 5.75 Å². The first-order valence-electron chi connectivity index (χ1n) is 9.57. The van der Waals surface area contributed by atoms with Gasteiger partial charge in [0.2, 0.25) is 5.91 Å². The molecule has 28 heavy (non-hydrogen) atoms. The van der Waals surface area contributed by atoms with Crippen LogP contribution >= 0.6 is 0 Å². The van der Waals surface area contributed by atoms with E-state index < -0.39 is 5.97 Å². The molecule has 2 rings (SSSR count). The first-order valence-corrected chi connectivity index (χ1v) is 9.57. The lowest BCUT2D eigenvalue weighted by Crippen LogP contribution is -2.15. The van der Waals surface area contributed by atoms with Gasteiger partial charge in [0, 0.05) is 12.1 Å². The van der Waals surface area contributed by atoms with Crippen molar-refractivity contribution in [2.45, 2.75) is 45.4 Å². The van der Waals surface area contributed by atoms with Crippen LogP contribution in [-0.2, 0) is 14.9 Å². The predicted octanol–water partition coefficient (Wildman–Crippen LogP) is 4.96. The molecule has 0 aliphatic rings. The van der Waals surface area contributed by atoms with Gasteiger partial charge in [-0.15, -0.1) is 0 Å². The van der Waals surface area contributed by atoms with Gasteiger partial charge in [-0.05, 0) is 54.2 Å². The minimum Gasteiger partial charge on any atom is -0.494 e. The number of carbonyl (C=O) groups excluding carboxylic acids is 2. The van der Waals surface area contributed by atoms with Gasteiger partial charge in [-0.2, -0.15) is 0 Å². The molecule has 5 nitrogen and oxygen atoms in total. The van der Waals surface area contributed by atoms with Crippen molar-refractivity contribution in [3.05, 3.63) is 59.7 Å². The first kappa shape index (κ1) is 21.5. The first-order chi connectivity index (χ1) is 13.4. The lowest BCUT2D eigenvalue weighted by molar-refractivity contribution is -0.116. The summed E-state index contributed by atoms with van der Waals surface area (Å²) in [6.07, 6.45) is 2.01. The van der Waals surface area contributed by atoms with Crippen molar-refractivity contribution in [2.75, 3.05) is 19.0 Å². The van der Waals surface area contributed by atoms with Gasteiger partial charge in [0.15, 0.2) is 0 Å². The standard InChI is InChI=1S/C23H29NO4/c1-5-23(2,3)18-11-13-20(14-12-18)28-15-7-10-21(25)24-19-9-6-8-17(16-19)22(26)27-4/h6,8-9,11-14,16H,5,7,10,15H2,1-4H3,(H,24,25). The van der Waals surface area contributed by atoms with Crippen LogP contribution in [0.25, 0.3) is 0 Å². The normalized spacial score (nSPS) is 11.0. The Morgan fingerprint density at radius 1 is 1.07 bits per heavy atom. The number of benzene rings is 2. The number of esters is 1. The minimum absolute atomic E-state index is 0.120. The highest BCUT2D eigenvalue weighted by molar-refractivity contribution is 5.94. The highest BCUT2D eigenvalue weighted by Gasteiger charge is 2.17. The van der Waals surface area contributed by atoms with Gasteiger partial charge in [0.05, 0.1) is 19.3 Å². The van der Waals surface area contributed by atoms with E-state index >= 15 is 0 Å². The Morgan fingerprint density at radius 3 is 2.43 bits per heavy atom. The molecule has 0 aromatic heterocycles. The summed E-state index contributed by atoms with van der Waals surface area (Å²) >= 11 is 0. The Balaban J connectivity index is 1.76. The molecule has 0 saturated heterocycles. The van der Waals surface area contributed by atoms with Crippen LogP contribution < -0.4 is 10.1 Å². The van der Waals surface area contributed by atoms with E-state index in [-0.39, 0.29) is 11.3 Å². The number of carbonyl (C=O) groups is 2. The number of hydrogen-bond donors (Lipinski definition) is 1. The number of nitrogens with one attached hydrogen (secondary N) is 1. The minimum atomic E-state index is -0.433. The number of anilines is 1. The summed E-state index contributed by atoms with van der Waals surface area (Å²) in [6, 6.07) is 14.8. The molecule has 5 heteroatoms. The smallest absolute Gasteiger partial charge is 0.337 e. The third-order valence-electron chi connectivity index (χ3n) is 4.90. The van der Waals surface area contributed by atoms with Gasteiger partial charge in [-0.25, -0.2) is 4.79 Å². The molecule has 1 amide bonds. The Morgan fingerprint density at radius 2 is 1.79 bits per heavy atom. The molecule has 0 radical (unpaired) electrons. The Hall–Kier alpha value is -2.82. The average molecular weight is 383 g/mol. The largest absolute Gasteiger partial charge is 0.494 e. The molecule has 0 bridgehead atoms. The van der Waals surface area contributed by atoms with Gasteiger partial charge in [-0.1, -0.05) is 39.0 Å². The molecule has 0 spiro atoms. The number of methoxy groups -OCH3 is 1. The van der Waals surface area contributed by atoms with Crippen molar-refractivity contribution in [1.82, 2.24) is 0 Å². The Kier molecular flexibility index (Phi) is 7.61. The summed E-state index contributed by atoms with van der Waals surface area (Å²) in [5, 5.41) is 2.79. The Labute approximate surface area is 167 Å². The summed E-state index contributed by atoms with van der Waals surface area (Å²) in [7, 11) is 1.33. The zero-order valence-corrected chi connectivity index (χ0v) is 17.1. The number of hydrogen-bond acceptors (Lipinski definition) is 4. The van der Waals surface area contributed by atoms with E-state index in [1.807, 2.05) is 12.1 Å². The molecule has 0 fully saturated rings. The van der Waals surface area contributed by atoms with E-state index in [2.05, 4.69) is 43.0 Å². The van der Waals surface area contributed by atoms with Gasteiger partial charge in [0.25, 0.3) is 0 Å². The van der Waals surface area contributed by atoms with Crippen molar-refractivity contribution < 1.29 is 19.1 Å². The van der Waals surface area contributed by atoms with Gasteiger partial charge >= 0.3 is 5.97 Å². The topological polar surface area (TPSA) is 64.6 Å². The molecule has 0 saturated carbocycles. The summed E-state index contributed by atoms with van der Waals surface area (Å²) in [5.74, 6) is 0.255. The van der Waals surface area contributed by atoms with Crippen molar-refractivity contribution in [2.24, 2.45) is 0 Å². The maximum atomic E-state index is 12.1. The molecule has 2 aromatic carbocycles. The summed E-state index contributed by atoms with van der Waals surface area (Å²) in [5.41, 5.74) is 2.42. The monoisotopic (exact) mass is 383 g/mol. The molecule has 0 unspecified atom stereocenters. The van der Waals surface area contributed by atoms with E-state index in [4.69, 9.17) is 4.74 Å². The number of rotatable bonds is 9. The van der Waals surface area contributed by atoms with Crippen LogP contribution in [0.5, 0.6) is 5.75 Å². The zero-order valence-electron chi connectivity index (χ0n) is 17.1. The second-order valence-corrected chi connectivity index (χ2v) is 7.33. The predicted molar refractivity (Wildman–Crippen MR) is 111 cm³/mol. The van der Waals surface area contributed by atoms with Crippen LogP contribution in [0.4, 0.5) is 5.69 Å². The van der Waals surface area contributed by atoms with Gasteiger partial charge < -0.3 is 14.8 Å². The lowest BCUT2D eigenvalue weighted by atomic mass is 9.82. The van der Waals surface area contributed by atoms with Crippen molar-refractivity contribution in [3.8, 4) is 5.75 Å². The second kappa shape index (κ2) is 9.93. The highest BCUT2D eigenvalue weighted by atomic mass is 16.5. The van der Waals surface area contributed by atoms with Crippen LogP contribution in [0.3, 0.4) is 0 Å². The van der Waals surface area contributed by atoms with Crippen LogP contribution in [0.1, 0.15) is 56.0 Å². The van der Waals surface area contributed by atoms with E-state index in [1.165, 1.54) is 12.7 Å². The van der Waals surface area contributed by atoms with E-state index in [1.54, 1.807) is 24.3 Å². The summed E-state index contributed by atoms with van der Waals surface area (Å²) in [4.78, 5) is 23.6. The maximum Gasteiger partial charge on any atom is 0.337 e. The fourth-order valence-electron chi connectivity index (χ4n) is 2.69. The average Bonchev–Trinajstić information content (AvgIpc) is 2.71. The van der Waals surface area contributed by atoms with Gasteiger partial charge in [-0.3, -0.25) is 4.79 Å². The molecule has 0 atom stereocenters. The van der Waals surface area contributed by atoms with E-state index in [9.17, 15) is 9.59 Å². The molecular formula is C23H29NO4. The van der Waals surface area contributed by atoms with Crippen molar-refractivity contribution in [3.63, 3.8) is 0 Å². The molecule has 0 aliphatic carbocycles. The zero-order chi connectivity index (χ0) is 20.6.